The monoisotopic (exact) mass is 409 g/mol. The van der Waals surface area contributed by atoms with Crippen LogP contribution in [0.4, 0.5) is 0 Å². The quantitative estimate of drug-likeness (QED) is 0.501. The largest absolute Gasteiger partial charge is 0.381 e. The van der Waals surface area contributed by atoms with Gasteiger partial charge in [-0.05, 0) is 69.1 Å². The van der Waals surface area contributed by atoms with Crippen molar-refractivity contribution in [2.45, 2.75) is 85.7 Å². The van der Waals surface area contributed by atoms with E-state index < -0.39 is 0 Å². The lowest BCUT2D eigenvalue weighted by Gasteiger charge is -2.51. The maximum absolute atomic E-state index is 6.22. The zero-order chi connectivity index (χ0) is 21.3. The molecule has 4 nitrogen and oxygen atoms in total. The van der Waals surface area contributed by atoms with Crippen LogP contribution in [0.2, 0.25) is 0 Å². The van der Waals surface area contributed by atoms with Crippen LogP contribution in [0.5, 0.6) is 0 Å². The van der Waals surface area contributed by atoms with Crippen LogP contribution in [-0.2, 0) is 14.2 Å². The van der Waals surface area contributed by atoms with Crippen LogP contribution in [0.15, 0.2) is 0 Å². The molecule has 0 aromatic rings. The fourth-order valence-corrected chi connectivity index (χ4v) is 5.79. The summed E-state index contributed by atoms with van der Waals surface area (Å²) in [6.45, 7) is 23.0. The van der Waals surface area contributed by atoms with Crippen LogP contribution in [0.1, 0.15) is 74.1 Å². The highest BCUT2D eigenvalue weighted by molar-refractivity contribution is 4.95. The van der Waals surface area contributed by atoms with E-state index in [2.05, 4.69) is 53.4 Å². The molecule has 2 heterocycles. The highest BCUT2D eigenvalue weighted by Gasteiger charge is 2.46. The molecule has 2 saturated heterocycles. The summed E-state index contributed by atoms with van der Waals surface area (Å²) in [4.78, 5) is 2.55. The van der Waals surface area contributed by atoms with Crippen molar-refractivity contribution in [3.05, 3.63) is 0 Å². The molecule has 0 amide bonds. The van der Waals surface area contributed by atoms with Crippen molar-refractivity contribution in [1.82, 2.24) is 4.90 Å². The summed E-state index contributed by atoms with van der Waals surface area (Å²) in [6, 6.07) is 0.383. The molecule has 3 rings (SSSR count). The van der Waals surface area contributed by atoms with E-state index in [4.69, 9.17) is 14.2 Å². The maximum atomic E-state index is 6.22. The maximum Gasteiger partial charge on any atom is 0.0645 e. The lowest BCUT2D eigenvalue weighted by Crippen LogP contribution is -2.56. The Kier molecular flexibility index (Phi) is 7.41. The summed E-state index contributed by atoms with van der Waals surface area (Å²) < 4.78 is 17.4. The van der Waals surface area contributed by atoms with Crippen LogP contribution < -0.4 is 0 Å². The van der Waals surface area contributed by atoms with Gasteiger partial charge in [0.05, 0.1) is 39.1 Å². The van der Waals surface area contributed by atoms with Gasteiger partial charge in [0.25, 0.3) is 0 Å². The van der Waals surface area contributed by atoms with Gasteiger partial charge in [-0.1, -0.05) is 27.7 Å². The Bertz CT molecular complexity index is 521. The topological polar surface area (TPSA) is 30.9 Å². The van der Waals surface area contributed by atoms with Crippen LogP contribution in [0, 0.1) is 28.6 Å². The van der Waals surface area contributed by atoms with Gasteiger partial charge in [-0.25, -0.2) is 0 Å². The Morgan fingerprint density at radius 2 is 1.62 bits per heavy atom. The lowest BCUT2D eigenvalue weighted by atomic mass is 9.55. The molecule has 4 heteroatoms. The van der Waals surface area contributed by atoms with Gasteiger partial charge in [0, 0.05) is 24.6 Å². The molecule has 3 atom stereocenters. The summed E-state index contributed by atoms with van der Waals surface area (Å²) in [5.74, 6) is 2.48. The first kappa shape index (κ1) is 23.5. The molecular formula is C25H47NO3. The van der Waals surface area contributed by atoms with Crippen LogP contribution in [0.3, 0.4) is 0 Å². The van der Waals surface area contributed by atoms with Crippen molar-refractivity contribution in [3.63, 3.8) is 0 Å². The molecule has 29 heavy (non-hydrogen) atoms. The second-order valence-corrected chi connectivity index (χ2v) is 12.3. The molecule has 1 aliphatic carbocycles. The first-order valence-corrected chi connectivity index (χ1v) is 12.0. The highest BCUT2D eigenvalue weighted by atomic mass is 16.5. The fraction of sp³-hybridized carbons (Fsp3) is 1.00. The van der Waals surface area contributed by atoms with E-state index in [1.54, 1.807) is 0 Å². The highest BCUT2D eigenvalue weighted by Crippen LogP contribution is 2.53. The molecule has 3 fully saturated rings. The molecular weight excluding hydrogens is 362 g/mol. The van der Waals surface area contributed by atoms with Crippen molar-refractivity contribution in [3.8, 4) is 0 Å². The number of hydrogen-bond donors (Lipinski definition) is 0. The second kappa shape index (κ2) is 9.14. The molecule has 170 valence electrons. The third-order valence-electron chi connectivity index (χ3n) is 8.24. The van der Waals surface area contributed by atoms with Crippen LogP contribution in [0.25, 0.3) is 0 Å². The molecule has 2 unspecified atom stereocenters. The molecule has 1 saturated carbocycles. The minimum Gasteiger partial charge on any atom is -0.381 e. The average molecular weight is 410 g/mol. The van der Waals surface area contributed by atoms with E-state index in [0.29, 0.717) is 16.9 Å². The third-order valence-corrected chi connectivity index (χ3v) is 8.24. The number of morpholine rings is 1. The van der Waals surface area contributed by atoms with Crippen molar-refractivity contribution in [2.75, 3.05) is 46.2 Å². The van der Waals surface area contributed by atoms with Gasteiger partial charge in [0.1, 0.15) is 0 Å². The Hall–Kier alpha value is -0.160. The van der Waals surface area contributed by atoms with Gasteiger partial charge in [0.2, 0.25) is 0 Å². The minimum absolute atomic E-state index is 0.175. The van der Waals surface area contributed by atoms with Gasteiger partial charge in [-0.2, -0.15) is 0 Å². The first-order chi connectivity index (χ1) is 13.5. The summed E-state index contributed by atoms with van der Waals surface area (Å²) in [5, 5.41) is 0. The Labute approximate surface area is 180 Å². The fourth-order valence-electron chi connectivity index (χ4n) is 5.79. The van der Waals surface area contributed by atoms with Gasteiger partial charge >= 0.3 is 0 Å². The summed E-state index contributed by atoms with van der Waals surface area (Å²) in [5.41, 5.74) is 0.960. The van der Waals surface area contributed by atoms with E-state index in [1.807, 2.05) is 0 Å². The lowest BCUT2D eigenvalue weighted by molar-refractivity contribution is -0.108. The Morgan fingerprint density at radius 3 is 2.17 bits per heavy atom. The standard InChI is InChI=1S/C25H47NO3/c1-23(2,3)26-11-13-28-18-21(26)17-27-12-10-24(4,5)22-9-8-19(22)14-25(6,7)20-15-29-16-20/h19-22H,8-18H2,1-7H3/t19?,21-,22?/m0/s1. The number of ether oxygens (including phenoxy) is 3. The zero-order valence-electron chi connectivity index (χ0n) is 20.3. The van der Waals surface area contributed by atoms with E-state index in [1.165, 1.54) is 19.3 Å². The Balaban J connectivity index is 1.42. The van der Waals surface area contributed by atoms with Crippen LogP contribution >= 0.6 is 0 Å². The van der Waals surface area contributed by atoms with Crippen molar-refractivity contribution >= 4 is 0 Å². The molecule has 3 aliphatic rings. The molecule has 0 radical (unpaired) electrons. The average Bonchev–Trinajstić information content (AvgIpc) is 2.53. The van der Waals surface area contributed by atoms with E-state index in [-0.39, 0.29) is 5.54 Å². The summed E-state index contributed by atoms with van der Waals surface area (Å²) in [6.07, 6.45) is 5.31. The smallest absolute Gasteiger partial charge is 0.0645 e. The van der Waals surface area contributed by atoms with E-state index >= 15 is 0 Å². The van der Waals surface area contributed by atoms with E-state index in [0.717, 1.165) is 70.4 Å². The molecule has 0 aromatic heterocycles. The summed E-state index contributed by atoms with van der Waals surface area (Å²) >= 11 is 0. The first-order valence-electron chi connectivity index (χ1n) is 12.0. The number of nitrogens with zero attached hydrogens (tertiary/aromatic N) is 1. The minimum atomic E-state index is 0.175. The molecule has 0 N–H and O–H groups in total. The predicted molar refractivity (Wildman–Crippen MR) is 119 cm³/mol. The molecule has 2 aliphatic heterocycles. The third kappa shape index (κ3) is 5.75. The van der Waals surface area contributed by atoms with Gasteiger partial charge < -0.3 is 14.2 Å². The molecule has 0 spiro atoms. The van der Waals surface area contributed by atoms with Gasteiger partial charge in [0.15, 0.2) is 0 Å². The summed E-state index contributed by atoms with van der Waals surface area (Å²) in [7, 11) is 0. The van der Waals surface area contributed by atoms with Crippen molar-refractivity contribution in [2.24, 2.45) is 28.6 Å². The predicted octanol–water partition coefficient (Wildman–Crippen LogP) is 5.01. The van der Waals surface area contributed by atoms with Gasteiger partial charge in [-0.3, -0.25) is 4.90 Å². The second-order valence-electron chi connectivity index (χ2n) is 12.3. The zero-order valence-corrected chi connectivity index (χ0v) is 20.3. The van der Waals surface area contributed by atoms with Crippen molar-refractivity contribution < 1.29 is 14.2 Å². The SMILES string of the molecule is CC(C)(CC1CCC1C(C)(C)CCOC[C@H]1COCCN1C(C)(C)C)C1COC1. The number of hydrogen-bond acceptors (Lipinski definition) is 4. The van der Waals surface area contributed by atoms with Crippen molar-refractivity contribution in [1.29, 1.82) is 0 Å². The van der Waals surface area contributed by atoms with Crippen LogP contribution in [-0.4, -0.2) is 62.7 Å². The molecule has 0 bridgehead atoms. The normalized spacial score (nSPS) is 30.1. The van der Waals surface area contributed by atoms with Gasteiger partial charge in [-0.15, -0.1) is 0 Å². The van der Waals surface area contributed by atoms with E-state index in [9.17, 15) is 0 Å². The molecule has 0 aromatic carbocycles. The number of rotatable bonds is 9. The Morgan fingerprint density at radius 1 is 0.897 bits per heavy atom.